The predicted octanol–water partition coefficient (Wildman–Crippen LogP) is 3.69. The van der Waals surface area contributed by atoms with Crippen molar-refractivity contribution in [1.29, 1.82) is 0 Å². The first-order valence-corrected chi connectivity index (χ1v) is 13.2. The Balaban J connectivity index is 1.24. The van der Waals surface area contributed by atoms with E-state index in [4.69, 9.17) is 4.98 Å². The average molecular weight is 549 g/mol. The zero-order valence-corrected chi connectivity index (χ0v) is 21.8. The van der Waals surface area contributed by atoms with Crippen molar-refractivity contribution in [1.82, 2.24) is 44.9 Å². The highest BCUT2D eigenvalue weighted by atomic mass is 19.3. The molecule has 13 heteroatoms. The topological polar surface area (TPSA) is 106 Å². The van der Waals surface area contributed by atoms with Gasteiger partial charge in [-0.3, -0.25) is 20.0 Å². The molecule has 0 saturated carbocycles. The summed E-state index contributed by atoms with van der Waals surface area (Å²) in [5.74, 6) is -2.85. The number of H-pyrrole nitrogens is 2. The van der Waals surface area contributed by atoms with Gasteiger partial charge in [0.15, 0.2) is 17.3 Å². The van der Waals surface area contributed by atoms with Crippen LogP contribution in [0.25, 0.3) is 44.8 Å². The number of fused-ring (bicyclic) bond motifs is 2. The summed E-state index contributed by atoms with van der Waals surface area (Å²) in [6, 6.07) is 3.70. The first-order chi connectivity index (χ1) is 19.3. The number of nitrogens with zero attached hydrogens (tertiary/aromatic N) is 8. The highest BCUT2D eigenvalue weighted by Gasteiger charge is 2.38. The Kier molecular flexibility index (Phi) is 5.93. The molecule has 0 radical (unpaired) electrons. The van der Waals surface area contributed by atoms with Crippen LogP contribution in [-0.2, 0) is 6.54 Å². The summed E-state index contributed by atoms with van der Waals surface area (Å²) in [5.41, 5.74) is 4.29. The molecule has 0 amide bonds. The Hall–Kier alpha value is -4.10. The van der Waals surface area contributed by atoms with Gasteiger partial charge >= 0.3 is 0 Å². The molecule has 0 aliphatic carbocycles. The maximum absolute atomic E-state index is 16.1. The number of pyridine rings is 3. The monoisotopic (exact) mass is 548 g/mol. The normalized spacial score (nSPS) is 18.4. The van der Waals surface area contributed by atoms with Gasteiger partial charge in [0.05, 0.1) is 29.3 Å². The van der Waals surface area contributed by atoms with E-state index in [1.807, 2.05) is 6.07 Å². The Bertz CT molecular complexity index is 1710. The van der Waals surface area contributed by atoms with Gasteiger partial charge in [-0.05, 0) is 24.7 Å². The van der Waals surface area contributed by atoms with Crippen molar-refractivity contribution in [3.63, 3.8) is 0 Å². The highest BCUT2D eigenvalue weighted by Crippen LogP contribution is 2.34. The number of imidazole rings is 1. The number of aromatic amines is 2. The van der Waals surface area contributed by atoms with E-state index in [0.717, 1.165) is 31.9 Å². The van der Waals surface area contributed by atoms with E-state index in [-0.39, 0.29) is 24.0 Å². The van der Waals surface area contributed by atoms with E-state index in [9.17, 15) is 8.78 Å². The molecule has 40 heavy (non-hydrogen) atoms. The molecule has 0 spiro atoms. The van der Waals surface area contributed by atoms with E-state index in [2.05, 4.69) is 47.0 Å². The molecule has 10 nitrogen and oxygen atoms in total. The van der Waals surface area contributed by atoms with E-state index in [1.165, 1.54) is 12.4 Å². The summed E-state index contributed by atoms with van der Waals surface area (Å²) in [4.78, 5) is 27.3. The van der Waals surface area contributed by atoms with Crippen LogP contribution in [0.4, 0.5) is 18.9 Å². The summed E-state index contributed by atoms with van der Waals surface area (Å²) in [5, 5.41) is 7.47. The van der Waals surface area contributed by atoms with Gasteiger partial charge in [-0.2, -0.15) is 5.10 Å². The summed E-state index contributed by atoms with van der Waals surface area (Å²) in [6.45, 7) is 3.96. The molecule has 2 fully saturated rings. The predicted molar refractivity (Wildman–Crippen MR) is 145 cm³/mol. The molecule has 0 atom stereocenters. The van der Waals surface area contributed by atoms with Crippen molar-refractivity contribution in [3.05, 3.63) is 48.3 Å². The van der Waals surface area contributed by atoms with E-state index in [0.29, 0.717) is 52.4 Å². The number of rotatable bonds is 5. The SMILES string of the molecule is CN1CCN(c2ccnc3[nH]c(-c4n[nH]c5cnc(-c6cncc(CN7CCC(F)(F)C7)c6)c(F)c45)nc23)CC1. The van der Waals surface area contributed by atoms with Crippen LogP contribution in [0.2, 0.25) is 0 Å². The number of piperazine rings is 1. The second-order valence-electron chi connectivity index (χ2n) is 10.6. The number of hydrogen-bond donors (Lipinski definition) is 2. The van der Waals surface area contributed by atoms with Crippen molar-refractivity contribution < 1.29 is 13.2 Å². The van der Waals surface area contributed by atoms with Crippen LogP contribution in [0.1, 0.15) is 12.0 Å². The lowest BCUT2D eigenvalue weighted by atomic mass is 10.1. The van der Waals surface area contributed by atoms with Crippen LogP contribution >= 0.6 is 0 Å². The standard InChI is InChI=1S/C27H27F3N10/c1-38-6-8-40(9-7-38)19-2-4-32-25-23(19)34-26(35-25)24-20-18(36-37-24)13-33-22(21(20)28)17-10-16(11-31-12-17)14-39-5-3-27(29,30)15-39/h2,4,10-13H,3,5-9,14-15H2,1H3,(H,36,37)(H,32,34,35). The van der Waals surface area contributed by atoms with E-state index < -0.39 is 11.7 Å². The fraction of sp³-hybridized carbons (Fsp3) is 0.370. The summed E-state index contributed by atoms with van der Waals surface area (Å²) in [7, 11) is 2.10. The number of aromatic nitrogens is 7. The number of nitrogens with one attached hydrogen (secondary N) is 2. The minimum atomic E-state index is -2.68. The van der Waals surface area contributed by atoms with Gasteiger partial charge in [-0.25, -0.2) is 23.1 Å². The third kappa shape index (κ3) is 4.44. The lowest BCUT2D eigenvalue weighted by Gasteiger charge is -2.33. The molecule has 5 aromatic heterocycles. The fourth-order valence-electron chi connectivity index (χ4n) is 5.56. The number of halogens is 3. The molecular weight excluding hydrogens is 521 g/mol. The van der Waals surface area contributed by atoms with Gasteiger partial charge in [-0.15, -0.1) is 0 Å². The maximum atomic E-state index is 16.1. The number of likely N-dealkylation sites (N-methyl/N-ethyl adjacent to an activating group) is 1. The molecule has 0 aromatic carbocycles. The smallest absolute Gasteiger partial charge is 0.261 e. The van der Waals surface area contributed by atoms with Crippen LogP contribution in [0.15, 0.2) is 36.9 Å². The van der Waals surface area contributed by atoms with Crippen LogP contribution < -0.4 is 4.90 Å². The second kappa shape index (κ2) is 9.52. The molecule has 7 heterocycles. The minimum Gasteiger partial charge on any atom is -0.367 e. The fourth-order valence-corrected chi connectivity index (χ4v) is 5.56. The lowest BCUT2D eigenvalue weighted by Crippen LogP contribution is -2.44. The summed E-state index contributed by atoms with van der Waals surface area (Å²) < 4.78 is 43.4. The zero-order valence-electron chi connectivity index (χ0n) is 21.8. The van der Waals surface area contributed by atoms with Gasteiger partial charge in [0, 0.05) is 69.8 Å². The second-order valence-corrected chi connectivity index (χ2v) is 10.6. The van der Waals surface area contributed by atoms with Crippen molar-refractivity contribution in [2.45, 2.75) is 18.9 Å². The molecule has 206 valence electrons. The van der Waals surface area contributed by atoms with Gasteiger partial charge < -0.3 is 14.8 Å². The first kappa shape index (κ1) is 24.9. The van der Waals surface area contributed by atoms with Crippen molar-refractivity contribution in [2.75, 3.05) is 51.2 Å². The van der Waals surface area contributed by atoms with Gasteiger partial charge in [0.25, 0.3) is 5.92 Å². The van der Waals surface area contributed by atoms with E-state index in [1.54, 1.807) is 23.4 Å². The molecule has 5 aromatic rings. The summed E-state index contributed by atoms with van der Waals surface area (Å²) >= 11 is 0. The summed E-state index contributed by atoms with van der Waals surface area (Å²) in [6.07, 6.45) is 6.23. The molecule has 0 unspecified atom stereocenters. The van der Waals surface area contributed by atoms with Crippen molar-refractivity contribution in [2.24, 2.45) is 0 Å². The lowest BCUT2D eigenvalue weighted by molar-refractivity contribution is 0.0115. The third-order valence-corrected chi connectivity index (χ3v) is 7.70. The highest BCUT2D eigenvalue weighted by molar-refractivity contribution is 5.96. The Morgan fingerprint density at radius 2 is 1.88 bits per heavy atom. The Labute approximate surface area is 227 Å². The molecule has 2 aliphatic heterocycles. The number of alkyl halides is 2. The largest absolute Gasteiger partial charge is 0.367 e. The number of anilines is 1. The Morgan fingerprint density at radius 1 is 1.02 bits per heavy atom. The van der Waals surface area contributed by atoms with E-state index >= 15 is 4.39 Å². The molecule has 0 bridgehead atoms. The molecule has 2 N–H and O–H groups in total. The molecule has 2 aliphatic rings. The number of hydrogen-bond acceptors (Lipinski definition) is 8. The quantitative estimate of drug-likeness (QED) is 0.343. The third-order valence-electron chi connectivity index (χ3n) is 7.70. The van der Waals surface area contributed by atoms with Crippen LogP contribution in [0.5, 0.6) is 0 Å². The minimum absolute atomic E-state index is 0.101. The van der Waals surface area contributed by atoms with Crippen molar-refractivity contribution >= 4 is 27.8 Å². The van der Waals surface area contributed by atoms with Crippen LogP contribution in [-0.4, -0.2) is 97.2 Å². The van der Waals surface area contributed by atoms with Crippen molar-refractivity contribution in [3.8, 4) is 22.8 Å². The maximum Gasteiger partial charge on any atom is 0.261 e. The molecular formula is C27H27F3N10. The van der Waals surface area contributed by atoms with Crippen LogP contribution in [0.3, 0.4) is 0 Å². The molecule has 2 saturated heterocycles. The first-order valence-electron chi connectivity index (χ1n) is 13.2. The van der Waals surface area contributed by atoms with Gasteiger partial charge in [0.2, 0.25) is 0 Å². The van der Waals surface area contributed by atoms with Gasteiger partial charge in [0.1, 0.15) is 16.9 Å². The molecule has 7 rings (SSSR count). The van der Waals surface area contributed by atoms with Crippen LogP contribution in [0, 0.1) is 5.82 Å². The zero-order chi connectivity index (χ0) is 27.4. The van der Waals surface area contributed by atoms with Gasteiger partial charge in [-0.1, -0.05) is 0 Å². The Morgan fingerprint density at radius 3 is 2.67 bits per heavy atom. The number of likely N-dealkylation sites (tertiary alicyclic amines) is 1. The average Bonchev–Trinajstić information content (AvgIpc) is 3.65.